The number of aryl methyl sites for hydroxylation is 1. The Morgan fingerprint density at radius 2 is 2.39 bits per heavy atom. The Hall–Kier alpha value is -1.53. The van der Waals surface area contributed by atoms with Crippen LogP contribution in [0.5, 0.6) is 0 Å². The van der Waals surface area contributed by atoms with Crippen molar-refractivity contribution in [1.82, 2.24) is 4.98 Å². The maximum absolute atomic E-state index is 11.7. The Morgan fingerprint density at radius 1 is 1.56 bits per heavy atom. The molecule has 0 saturated carbocycles. The topological polar surface area (TPSA) is 68.0 Å². The van der Waals surface area contributed by atoms with Crippen LogP contribution in [0.4, 0.5) is 10.8 Å². The van der Waals surface area contributed by atoms with Crippen LogP contribution in [0.25, 0.3) is 0 Å². The van der Waals surface area contributed by atoms with Crippen LogP contribution in [0.3, 0.4) is 0 Å². The van der Waals surface area contributed by atoms with Gasteiger partial charge < -0.3 is 11.1 Å². The largest absolute Gasteiger partial charge is 0.398 e. The molecule has 0 aliphatic heterocycles. The summed E-state index contributed by atoms with van der Waals surface area (Å²) in [5, 5.41) is 5.18. The number of amides is 1. The summed E-state index contributed by atoms with van der Waals surface area (Å²) < 4.78 is 0. The Bertz CT molecular complexity index is 540. The summed E-state index contributed by atoms with van der Waals surface area (Å²) in [4.78, 5) is 16.6. The van der Waals surface area contributed by atoms with Crippen molar-refractivity contribution in [2.24, 2.45) is 0 Å². The number of thioether (sulfide) groups is 1. The Labute approximate surface area is 114 Å². The van der Waals surface area contributed by atoms with Crippen LogP contribution in [-0.2, 0) is 4.79 Å². The molecule has 2 rings (SSSR count). The number of hydrogen-bond acceptors (Lipinski definition) is 5. The lowest BCUT2D eigenvalue weighted by atomic mass is 10.2. The smallest absolute Gasteiger partial charge is 0.236 e. The molecule has 3 N–H and O–H groups in total. The van der Waals surface area contributed by atoms with E-state index in [2.05, 4.69) is 10.3 Å². The van der Waals surface area contributed by atoms with Crippen LogP contribution in [0.15, 0.2) is 34.7 Å². The van der Waals surface area contributed by atoms with Gasteiger partial charge in [0.05, 0.1) is 5.75 Å². The molecule has 1 heterocycles. The van der Waals surface area contributed by atoms with Crippen molar-refractivity contribution in [1.29, 1.82) is 0 Å². The average Bonchev–Trinajstić information content (AvgIpc) is 2.84. The van der Waals surface area contributed by atoms with Crippen molar-refractivity contribution in [2.45, 2.75) is 11.8 Å². The first kappa shape index (κ1) is 12.9. The molecule has 0 saturated heterocycles. The molecule has 94 valence electrons. The Morgan fingerprint density at radius 3 is 3.11 bits per heavy atom. The van der Waals surface area contributed by atoms with Crippen LogP contribution in [0.1, 0.15) is 5.56 Å². The van der Waals surface area contributed by atoms with Gasteiger partial charge in [-0.05, 0) is 18.6 Å². The predicted octanol–water partition coefficient (Wildman–Crippen LogP) is 2.76. The van der Waals surface area contributed by atoms with E-state index in [0.717, 1.165) is 16.1 Å². The Balaban J connectivity index is 1.91. The van der Waals surface area contributed by atoms with Crippen molar-refractivity contribution < 1.29 is 4.79 Å². The fraction of sp³-hybridized carbons (Fsp3) is 0.167. The minimum atomic E-state index is -0.0733. The maximum Gasteiger partial charge on any atom is 0.236 e. The third-order valence-corrected chi connectivity index (χ3v) is 4.08. The summed E-state index contributed by atoms with van der Waals surface area (Å²) in [6.45, 7) is 1.95. The first-order valence-electron chi connectivity index (χ1n) is 5.34. The summed E-state index contributed by atoms with van der Waals surface area (Å²) >= 11 is 2.83. The number of anilines is 2. The highest BCUT2D eigenvalue weighted by Gasteiger charge is 2.07. The van der Waals surface area contributed by atoms with Crippen molar-refractivity contribution >= 4 is 39.8 Å². The number of carbonyl (C=O) groups is 1. The van der Waals surface area contributed by atoms with Crippen LogP contribution in [-0.4, -0.2) is 16.6 Å². The third kappa shape index (κ3) is 3.24. The lowest BCUT2D eigenvalue weighted by Crippen LogP contribution is -2.13. The van der Waals surface area contributed by atoms with Crippen LogP contribution in [0, 0.1) is 6.92 Å². The van der Waals surface area contributed by atoms with Crippen molar-refractivity contribution in [2.75, 3.05) is 16.8 Å². The molecule has 0 aliphatic carbocycles. The first-order chi connectivity index (χ1) is 8.66. The average molecular weight is 279 g/mol. The second-order valence-electron chi connectivity index (χ2n) is 3.66. The second kappa shape index (κ2) is 5.88. The van der Waals surface area contributed by atoms with E-state index < -0.39 is 0 Å². The minimum Gasteiger partial charge on any atom is -0.398 e. The molecular weight excluding hydrogens is 266 g/mol. The van der Waals surface area contributed by atoms with E-state index >= 15 is 0 Å². The third-order valence-electron chi connectivity index (χ3n) is 2.32. The first-order valence-corrected chi connectivity index (χ1v) is 7.20. The number of hydrogen-bond donors (Lipinski definition) is 2. The number of thiazole rings is 1. The zero-order valence-electron chi connectivity index (χ0n) is 9.84. The quantitative estimate of drug-likeness (QED) is 0.667. The number of carbonyl (C=O) groups excluding carboxylic acids is 1. The van der Waals surface area contributed by atoms with Crippen molar-refractivity contribution in [3.63, 3.8) is 0 Å². The van der Waals surface area contributed by atoms with Crippen molar-refractivity contribution in [3.05, 3.63) is 35.3 Å². The van der Waals surface area contributed by atoms with Crippen LogP contribution < -0.4 is 11.1 Å². The van der Waals surface area contributed by atoms with Gasteiger partial charge >= 0.3 is 0 Å². The van der Waals surface area contributed by atoms with E-state index in [9.17, 15) is 4.79 Å². The number of rotatable bonds is 4. The van der Waals surface area contributed by atoms with Gasteiger partial charge in [0.15, 0.2) is 5.13 Å². The van der Waals surface area contributed by atoms with E-state index in [4.69, 9.17) is 5.73 Å². The number of nitrogen functional groups attached to an aromatic ring is 1. The maximum atomic E-state index is 11.7. The van der Waals surface area contributed by atoms with Crippen molar-refractivity contribution in [3.8, 4) is 0 Å². The number of nitrogens with two attached hydrogens (primary N) is 1. The molecule has 0 atom stereocenters. The van der Waals surface area contributed by atoms with Crippen LogP contribution >= 0.6 is 23.1 Å². The molecule has 1 amide bonds. The van der Waals surface area contributed by atoms with Gasteiger partial charge in [0, 0.05) is 22.2 Å². The number of para-hydroxylation sites is 1. The van der Waals surface area contributed by atoms with Gasteiger partial charge in [0.1, 0.15) is 0 Å². The van der Waals surface area contributed by atoms with Gasteiger partial charge in [0.25, 0.3) is 0 Å². The van der Waals surface area contributed by atoms with Gasteiger partial charge in [-0.15, -0.1) is 23.1 Å². The van der Waals surface area contributed by atoms with Gasteiger partial charge in [-0.2, -0.15) is 0 Å². The summed E-state index contributed by atoms with van der Waals surface area (Å²) in [6, 6.07) is 5.81. The molecule has 1 aromatic heterocycles. The number of benzene rings is 1. The molecule has 0 aliphatic rings. The van der Waals surface area contributed by atoms with E-state index in [1.165, 1.54) is 23.1 Å². The molecule has 0 bridgehead atoms. The molecule has 18 heavy (non-hydrogen) atoms. The molecule has 6 heteroatoms. The molecule has 2 aromatic rings. The zero-order chi connectivity index (χ0) is 13.0. The summed E-state index contributed by atoms with van der Waals surface area (Å²) in [5.74, 6) is 0.253. The van der Waals surface area contributed by atoms with Gasteiger partial charge in [-0.3, -0.25) is 4.79 Å². The van der Waals surface area contributed by atoms with E-state index in [0.29, 0.717) is 10.9 Å². The molecule has 0 fully saturated rings. The van der Waals surface area contributed by atoms with Gasteiger partial charge in [-0.1, -0.05) is 12.1 Å². The molecular formula is C12H13N3OS2. The molecule has 0 spiro atoms. The second-order valence-corrected chi connectivity index (χ2v) is 5.57. The van der Waals surface area contributed by atoms with E-state index in [-0.39, 0.29) is 5.91 Å². The lowest BCUT2D eigenvalue weighted by Gasteiger charge is -2.07. The van der Waals surface area contributed by atoms with Crippen LogP contribution in [0.2, 0.25) is 0 Å². The number of nitrogens with one attached hydrogen (secondary N) is 1. The highest BCUT2D eigenvalue weighted by molar-refractivity contribution is 8.00. The predicted molar refractivity (Wildman–Crippen MR) is 77.1 cm³/mol. The normalized spacial score (nSPS) is 10.3. The van der Waals surface area contributed by atoms with E-state index in [1.807, 2.05) is 30.5 Å². The molecule has 0 unspecified atom stereocenters. The minimum absolute atomic E-state index is 0.0733. The number of aromatic nitrogens is 1. The Kier molecular flexibility index (Phi) is 4.22. The molecule has 4 nitrogen and oxygen atoms in total. The highest BCUT2D eigenvalue weighted by Crippen LogP contribution is 2.27. The zero-order valence-corrected chi connectivity index (χ0v) is 11.5. The SMILES string of the molecule is Cc1cccc(SCC(=O)Nc2nccs2)c1N. The lowest BCUT2D eigenvalue weighted by molar-refractivity contribution is -0.113. The van der Waals surface area contributed by atoms with E-state index in [1.54, 1.807) is 6.20 Å². The fourth-order valence-corrected chi connectivity index (χ4v) is 2.76. The fourth-order valence-electron chi connectivity index (χ4n) is 1.36. The highest BCUT2D eigenvalue weighted by atomic mass is 32.2. The standard InChI is InChI=1S/C12H13N3OS2/c1-8-3-2-4-9(11(8)13)18-7-10(16)15-12-14-5-6-17-12/h2-6H,7,13H2,1H3,(H,14,15,16). The molecule has 0 radical (unpaired) electrons. The summed E-state index contributed by atoms with van der Waals surface area (Å²) in [6.07, 6.45) is 1.66. The number of nitrogens with zero attached hydrogens (tertiary/aromatic N) is 1. The summed E-state index contributed by atoms with van der Waals surface area (Å²) in [5.41, 5.74) is 7.71. The summed E-state index contributed by atoms with van der Waals surface area (Å²) in [7, 11) is 0. The molecule has 1 aromatic carbocycles. The monoisotopic (exact) mass is 279 g/mol. The van der Waals surface area contributed by atoms with Gasteiger partial charge in [0.2, 0.25) is 5.91 Å². The van der Waals surface area contributed by atoms with Gasteiger partial charge in [-0.25, -0.2) is 4.98 Å².